The van der Waals surface area contributed by atoms with Gasteiger partial charge in [-0.3, -0.25) is 9.36 Å². The predicted octanol–water partition coefficient (Wildman–Crippen LogP) is 2.08. The minimum atomic E-state index is -0.583. The molecule has 0 bridgehead atoms. The Morgan fingerprint density at radius 3 is 2.90 bits per heavy atom. The van der Waals surface area contributed by atoms with Crippen LogP contribution in [0.3, 0.4) is 0 Å². The van der Waals surface area contributed by atoms with Crippen molar-refractivity contribution in [3.63, 3.8) is 0 Å². The van der Waals surface area contributed by atoms with Crippen molar-refractivity contribution in [2.75, 3.05) is 20.3 Å². The zero-order valence-electron chi connectivity index (χ0n) is 15.8. The number of ether oxygens (including phenoxy) is 2. The molecule has 1 aliphatic heterocycles. The quantitative estimate of drug-likeness (QED) is 0.442. The van der Waals surface area contributed by atoms with E-state index in [9.17, 15) is 9.59 Å². The van der Waals surface area contributed by atoms with Crippen molar-refractivity contribution in [1.29, 1.82) is 0 Å². The summed E-state index contributed by atoms with van der Waals surface area (Å²) >= 11 is 2.74. The summed E-state index contributed by atoms with van der Waals surface area (Å²) in [6, 6.07) is 6.75. The van der Waals surface area contributed by atoms with Crippen molar-refractivity contribution in [3.8, 4) is 0 Å². The van der Waals surface area contributed by atoms with Gasteiger partial charge in [0.2, 0.25) is 0 Å². The Hall–Kier alpha value is -2.75. The fraction of sp³-hybridized carbons (Fsp3) is 0.250. The third kappa shape index (κ3) is 3.76. The average molecular weight is 431 g/mol. The number of hydrogen-bond donors (Lipinski definition) is 0. The largest absolute Gasteiger partial charge is 0.465 e. The molecule has 4 rings (SSSR count). The lowest BCUT2D eigenvalue weighted by molar-refractivity contribution is -0.140. The summed E-state index contributed by atoms with van der Waals surface area (Å²) < 4.78 is 17.7. The Bertz CT molecular complexity index is 1220. The highest BCUT2D eigenvalue weighted by Crippen LogP contribution is 2.33. The number of allylic oxidation sites excluding steroid dienone is 1. The van der Waals surface area contributed by atoms with Crippen LogP contribution in [-0.2, 0) is 14.3 Å². The molecule has 0 aliphatic carbocycles. The van der Waals surface area contributed by atoms with Gasteiger partial charge >= 0.3 is 5.97 Å². The van der Waals surface area contributed by atoms with E-state index in [0.717, 1.165) is 4.88 Å². The molecule has 0 saturated heterocycles. The number of rotatable bonds is 6. The molecule has 0 saturated carbocycles. The van der Waals surface area contributed by atoms with Crippen molar-refractivity contribution in [2.45, 2.75) is 13.0 Å². The predicted molar refractivity (Wildman–Crippen MR) is 110 cm³/mol. The van der Waals surface area contributed by atoms with Gasteiger partial charge in [0.15, 0.2) is 4.80 Å². The van der Waals surface area contributed by atoms with Gasteiger partial charge in [0.1, 0.15) is 18.4 Å². The molecule has 29 heavy (non-hydrogen) atoms. The van der Waals surface area contributed by atoms with Gasteiger partial charge in [-0.15, -0.1) is 11.3 Å². The molecular formula is C20H18N2O5S2. The first-order valence-electron chi connectivity index (χ1n) is 8.85. The highest BCUT2D eigenvalue weighted by molar-refractivity contribution is 7.10. The molecule has 150 valence electrons. The van der Waals surface area contributed by atoms with Gasteiger partial charge in [0, 0.05) is 18.1 Å². The van der Waals surface area contributed by atoms with Crippen LogP contribution in [0.5, 0.6) is 0 Å². The Kier molecular flexibility index (Phi) is 5.61. The number of carbonyl (C=O) groups is 1. The molecule has 4 heterocycles. The van der Waals surface area contributed by atoms with Crippen LogP contribution in [-0.4, -0.2) is 30.9 Å². The molecule has 0 radical (unpaired) electrons. The first kappa shape index (κ1) is 19.6. The van der Waals surface area contributed by atoms with Gasteiger partial charge in [0.25, 0.3) is 5.56 Å². The lowest BCUT2D eigenvalue weighted by atomic mass is 10.0. The van der Waals surface area contributed by atoms with Gasteiger partial charge in [-0.1, -0.05) is 17.4 Å². The molecule has 0 amide bonds. The highest BCUT2D eigenvalue weighted by Gasteiger charge is 2.34. The summed E-state index contributed by atoms with van der Waals surface area (Å²) in [5.74, 6) is 0.0832. The van der Waals surface area contributed by atoms with Crippen molar-refractivity contribution >= 4 is 34.7 Å². The molecule has 9 heteroatoms. The van der Waals surface area contributed by atoms with E-state index in [-0.39, 0.29) is 12.2 Å². The van der Waals surface area contributed by atoms with E-state index < -0.39 is 12.0 Å². The van der Waals surface area contributed by atoms with Crippen LogP contribution in [0.25, 0.3) is 6.08 Å². The van der Waals surface area contributed by atoms with Crippen molar-refractivity contribution in [2.24, 2.45) is 4.99 Å². The van der Waals surface area contributed by atoms with E-state index in [2.05, 4.69) is 4.99 Å². The lowest BCUT2D eigenvalue weighted by Gasteiger charge is -2.23. The normalized spacial score (nSPS) is 16.6. The number of furan rings is 1. The number of methoxy groups -OCH3 is 1. The molecule has 1 atom stereocenters. The van der Waals surface area contributed by atoms with Crippen LogP contribution in [0, 0.1) is 0 Å². The van der Waals surface area contributed by atoms with Crippen LogP contribution in [0.1, 0.15) is 23.6 Å². The molecule has 3 aromatic heterocycles. The zero-order chi connectivity index (χ0) is 20.4. The summed E-state index contributed by atoms with van der Waals surface area (Å²) in [5, 5.41) is 1.91. The molecule has 0 N–H and O–H groups in total. The average Bonchev–Trinajstić information content (AvgIpc) is 3.44. The molecule has 3 aromatic rings. The molecule has 0 unspecified atom stereocenters. The minimum absolute atomic E-state index is 0.131. The van der Waals surface area contributed by atoms with E-state index in [1.165, 1.54) is 29.8 Å². The van der Waals surface area contributed by atoms with Gasteiger partial charge in [0.05, 0.1) is 28.7 Å². The fourth-order valence-corrected chi connectivity index (χ4v) is 4.95. The van der Waals surface area contributed by atoms with Crippen LogP contribution in [0.4, 0.5) is 0 Å². The standard InChI is InChI=1S/C20H18N2O5S2/c1-12-16(19(24)27-9-8-25-2)17(14-6-4-10-28-14)22-18(23)15(29-20(22)21-12)11-13-5-3-7-26-13/h3-7,10-11,17H,8-9H2,1-2H3/b15-11-/t17-/m1/s1. The molecule has 1 aliphatic rings. The Labute approximate surface area is 173 Å². The van der Waals surface area contributed by atoms with Crippen LogP contribution in [0.15, 0.2) is 61.4 Å². The lowest BCUT2D eigenvalue weighted by Crippen LogP contribution is -2.39. The molecule has 0 fully saturated rings. The second-order valence-electron chi connectivity index (χ2n) is 6.24. The number of esters is 1. The zero-order valence-corrected chi connectivity index (χ0v) is 17.4. The number of thiophene rings is 1. The van der Waals surface area contributed by atoms with Crippen LogP contribution >= 0.6 is 22.7 Å². The van der Waals surface area contributed by atoms with Crippen LogP contribution < -0.4 is 14.9 Å². The maximum atomic E-state index is 13.2. The Morgan fingerprint density at radius 2 is 2.21 bits per heavy atom. The highest BCUT2D eigenvalue weighted by atomic mass is 32.1. The number of thiazole rings is 1. The fourth-order valence-electron chi connectivity index (χ4n) is 3.10. The first-order valence-corrected chi connectivity index (χ1v) is 10.6. The first-order chi connectivity index (χ1) is 14.1. The van der Waals surface area contributed by atoms with Gasteiger partial charge in [-0.25, -0.2) is 9.79 Å². The minimum Gasteiger partial charge on any atom is -0.465 e. The molecular weight excluding hydrogens is 412 g/mol. The number of hydrogen-bond acceptors (Lipinski definition) is 8. The number of carbonyl (C=O) groups excluding carboxylic acids is 1. The summed E-state index contributed by atoms with van der Waals surface area (Å²) in [6.45, 7) is 2.19. The maximum Gasteiger partial charge on any atom is 0.338 e. The number of fused-ring (bicyclic) bond motifs is 1. The van der Waals surface area contributed by atoms with Crippen LogP contribution in [0.2, 0.25) is 0 Å². The smallest absolute Gasteiger partial charge is 0.338 e. The molecule has 0 spiro atoms. The SMILES string of the molecule is COCCOC(=O)C1=C(C)N=c2s/c(=C\c3ccco3)c(=O)n2[C@@H]1c1cccs1. The van der Waals surface area contributed by atoms with Crippen molar-refractivity contribution in [3.05, 3.63) is 77.5 Å². The van der Waals surface area contributed by atoms with Gasteiger partial charge < -0.3 is 13.9 Å². The summed E-state index contributed by atoms with van der Waals surface area (Å²) in [5.41, 5.74) is 0.676. The third-order valence-electron chi connectivity index (χ3n) is 4.39. The van der Waals surface area contributed by atoms with Gasteiger partial charge in [-0.05, 0) is 30.5 Å². The van der Waals surface area contributed by atoms with E-state index in [1.54, 1.807) is 36.0 Å². The topological polar surface area (TPSA) is 83.0 Å². The van der Waals surface area contributed by atoms with Gasteiger partial charge in [-0.2, -0.15) is 0 Å². The Morgan fingerprint density at radius 1 is 1.34 bits per heavy atom. The Balaban J connectivity index is 1.86. The monoisotopic (exact) mass is 430 g/mol. The third-order valence-corrected chi connectivity index (χ3v) is 6.30. The second-order valence-corrected chi connectivity index (χ2v) is 8.23. The summed E-state index contributed by atoms with van der Waals surface area (Å²) in [6.07, 6.45) is 3.24. The number of aromatic nitrogens is 1. The van der Waals surface area contributed by atoms with Crippen molar-refractivity contribution < 1.29 is 18.7 Å². The van der Waals surface area contributed by atoms with E-state index in [0.29, 0.717) is 33.0 Å². The second kappa shape index (κ2) is 8.32. The maximum absolute atomic E-state index is 13.2. The number of nitrogens with zero attached hydrogens (tertiary/aromatic N) is 2. The van der Waals surface area contributed by atoms with E-state index in [4.69, 9.17) is 13.9 Å². The van der Waals surface area contributed by atoms with Crippen molar-refractivity contribution in [1.82, 2.24) is 4.57 Å². The molecule has 7 nitrogen and oxygen atoms in total. The summed E-state index contributed by atoms with van der Waals surface area (Å²) in [7, 11) is 1.54. The van der Waals surface area contributed by atoms with E-state index in [1.807, 2.05) is 17.5 Å². The molecule has 0 aromatic carbocycles. The van der Waals surface area contributed by atoms with E-state index >= 15 is 0 Å². The summed E-state index contributed by atoms with van der Waals surface area (Å²) in [4.78, 5) is 32.0.